The highest BCUT2D eigenvalue weighted by Gasteiger charge is 2.29. The van der Waals surface area contributed by atoms with Gasteiger partial charge in [-0.2, -0.15) is 25.3 Å². The van der Waals surface area contributed by atoms with E-state index in [4.69, 9.17) is 15.9 Å². The number of carboxylic acids is 1. The van der Waals surface area contributed by atoms with Crippen LogP contribution in [-0.2, 0) is 25.6 Å². The van der Waals surface area contributed by atoms with Crippen molar-refractivity contribution in [2.45, 2.75) is 30.6 Å². The number of aliphatic hydroxyl groups is 1. The van der Waals surface area contributed by atoms with Crippen LogP contribution in [0.1, 0.15) is 5.56 Å². The molecule has 10 nitrogen and oxygen atoms in total. The summed E-state index contributed by atoms with van der Waals surface area (Å²) in [4.78, 5) is 48.3. The van der Waals surface area contributed by atoms with Crippen molar-refractivity contribution in [2.24, 2.45) is 5.73 Å². The number of aliphatic hydroxyl groups excluding tert-OH is 1. The van der Waals surface area contributed by atoms with Crippen molar-refractivity contribution in [3.05, 3.63) is 35.9 Å². The molecule has 7 N–H and O–H groups in total. The Bertz CT molecular complexity index is 737. The summed E-state index contributed by atoms with van der Waals surface area (Å²) < 4.78 is 0. The lowest BCUT2D eigenvalue weighted by atomic mass is 10.0. The Kier molecular flexibility index (Phi) is 11.3. The van der Waals surface area contributed by atoms with Crippen molar-refractivity contribution in [2.75, 3.05) is 18.1 Å². The van der Waals surface area contributed by atoms with E-state index in [1.807, 2.05) is 0 Å². The van der Waals surface area contributed by atoms with Gasteiger partial charge in [0.05, 0.1) is 12.6 Å². The van der Waals surface area contributed by atoms with Crippen LogP contribution < -0.4 is 21.7 Å². The predicted octanol–water partition coefficient (Wildman–Crippen LogP) is -2.05. The van der Waals surface area contributed by atoms with E-state index < -0.39 is 54.5 Å². The standard InChI is InChI=1S/C18H26N4O6S2/c19-11(8-29)15(24)22-14(9-30)17(26)20-12(6-10-4-2-1-3-5-10)16(25)21-13(7-23)18(27)28/h1-5,11-14,23,29-30H,6-9,19H2,(H,20,26)(H,21,25)(H,22,24)(H,27,28). The molecule has 0 aliphatic heterocycles. The fraction of sp³-hybridized carbons (Fsp3) is 0.444. The third kappa shape index (κ3) is 8.22. The molecule has 0 heterocycles. The zero-order valence-corrected chi connectivity index (χ0v) is 17.8. The summed E-state index contributed by atoms with van der Waals surface area (Å²) in [5.41, 5.74) is 6.29. The number of hydrogen-bond acceptors (Lipinski definition) is 8. The van der Waals surface area contributed by atoms with E-state index in [9.17, 15) is 19.2 Å². The normalized spacial score (nSPS) is 14.7. The number of carbonyl (C=O) groups excluding carboxylic acids is 3. The van der Waals surface area contributed by atoms with Crippen LogP contribution in [0.25, 0.3) is 0 Å². The molecule has 0 saturated carbocycles. The third-order valence-electron chi connectivity index (χ3n) is 4.06. The molecule has 0 aliphatic carbocycles. The van der Waals surface area contributed by atoms with Gasteiger partial charge in [-0.05, 0) is 5.56 Å². The maximum absolute atomic E-state index is 12.6. The summed E-state index contributed by atoms with van der Waals surface area (Å²) in [6.07, 6.45) is 0.0551. The third-order valence-corrected chi connectivity index (χ3v) is 4.82. The largest absolute Gasteiger partial charge is 0.480 e. The van der Waals surface area contributed by atoms with Crippen molar-refractivity contribution < 1.29 is 29.4 Å². The molecule has 4 unspecified atom stereocenters. The second-order valence-corrected chi connectivity index (χ2v) is 7.10. The van der Waals surface area contributed by atoms with Crippen LogP contribution in [0, 0.1) is 0 Å². The SMILES string of the molecule is NC(CS)C(=O)NC(CS)C(=O)NC(Cc1ccccc1)C(=O)NC(CO)C(=O)O. The van der Waals surface area contributed by atoms with Crippen molar-refractivity contribution in [1.29, 1.82) is 0 Å². The minimum absolute atomic E-state index is 0.0551. The van der Waals surface area contributed by atoms with E-state index in [-0.39, 0.29) is 17.9 Å². The molecule has 0 aliphatic rings. The van der Waals surface area contributed by atoms with Gasteiger partial charge in [-0.25, -0.2) is 4.79 Å². The van der Waals surface area contributed by atoms with Gasteiger partial charge in [0, 0.05) is 17.9 Å². The lowest BCUT2D eigenvalue weighted by molar-refractivity contribution is -0.143. The minimum atomic E-state index is -1.53. The fourth-order valence-electron chi connectivity index (χ4n) is 2.34. The van der Waals surface area contributed by atoms with Gasteiger partial charge in [0.2, 0.25) is 17.7 Å². The number of amides is 3. The van der Waals surface area contributed by atoms with Crippen LogP contribution in [0.15, 0.2) is 30.3 Å². The molecular formula is C18H26N4O6S2. The Balaban J connectivity index is 2.97. The molecule has 30 heavy (non-hydrogen) atoms. The molecule has 0 bridgehead atoms. The molecule has 1 aromatic rings. The Morgan fingerprint density at radius 3 is 1.90 bits per heavy atom. The number of benzene rings is 1. The van der Waals surface area contributed by atoms with Gasteiger partial charge in [0.1, 0.15) is 18.1 Å². The summed E-state index contributed by atoms with van der Waals surface area (Å²) >= 11 is 7.98. The van der Waals surface area contributed by atoms with Crippen LogP contribution in [0.2, 0.25) is 0 Å². The van der Waals surface area contributed by atoms with Crippen molar-refractivity contribution in [3.63, 3.8) is 0 Å². The molecule has 1 rings (SSSR count). The first-order valence-electron chi connectivity index (χ1n) is 8.99. The average Bonchev–Trinajstić information content (AvgIpc) is 2.74. The number of nitrogens with one attached hydrogen (secondary N) is 3. The Labute approximate surface area is 184 Å². The van der Waals surface area contributed by atoms with Gasteiger partial charge < -0.3 is 31.9 Å². The summed E-state index contributed by atoms with van der Waals surface area (Å²) in [5.74, 6) is -3.51. The predicted molar refractivity (Wildman–Crippen MR) is 116 cm³/mol. The molecule has 166 valence electrons. The van der Waals surface area contributed by atoms with Gasteiger partial charge >= 0.3 is 5.97 Å². The van der Waals surface area contributed by atoms with Gasteiger partial charge in [-0.15, -0.1) is 0 Å². The number of nitrogens with two attached hydrogens (primary N) is 1. The topological polar surface area (TPSA) is 171 Å². The lowest BCUT2D eigenvalue weighted by Crippen LogP contribution is -2.58. The second kappa shape index (κ2) is 13.1. The first-order chi connectivity index (χ1) is 14.2. The molecule has 1 aromatic carbocycles. The van der Waals surface area contributed by atoms with Gasteiger partial charge in [0.25, 0.3) is 0 Å². The zero-order valence-electron chi connectivity index (χ0n) is 16.0. The number of hydrogen-bond donors (Lipinski definition) is 8. The highest BCUT2D eigenvalue weighted by molar-refractivity contribution is 7.80. The molecule has 12 heteroatoms. The van der Waals surface area contributed by atoms with E-state index in [1.165, 1.54) is 0 Å². The fourth-order valence-corrected chi connectivity index (χ4v) is 2.77. The molecule has 0 radical (unpaired) electrons. The number of aliphatic carboxylic acids is 1. The summed E-state index contributed by atoms with van der Waals surface area (Å²) in [7, 11) is 0. The Morgan fingerprint density at radius 1 is 0.867 bits per heavy atom. The van der Waals surface area contributed by atoms with E-state index in [2.05, 4.69) is 41.2 Å². The molecule has 4 atom stereocenters. The number of thiol groups is 2. The van der Waals surface area contributed by atoms with E-state index in [0.717, 1.165) is 0 Å². The van der Waals surface area contributed by atoms with E-state index in [0.29, 0.717) is 5.56 Å². The maximum atomic E-state index is 12.6. The molecule has 0 saturated heterocycles. The molecule has 0 fully saturated rings. The van der Waals surface area contributed by atoms with Crippen LogP contribution in [0.5, 0.6) is 0 Å². The highest BCUT2D eigenvalue weighted by atomic mass is 32.1. The molecule has 3 amide bonds. The number of carboxylic acid groups (broad SMARTS) is 1. The Hall–Kier alpha value is -2.28. The summed E-state index contributed by atoms with van der Waals surface area (Å²) in [6.45, 7) is -0.815. The quantitative estimate of drug-likeness (QED) is 0.167. The maximum Gasteiger partial charge on any atom is 0.328 e. The van der Waals surface area contributed by atoms with Crippen LogP contribution >= 0.6 is 25.3 Å². The summed E-state index contributed by atoms with van der Waals surface area (Å²) in [5, 5.41) is 25.3. The number of rotatable bonds is 12. The van der Waals surface area contributed by atoms with E-state index >= 15 is 0 Å². The lowest BCUT2D eigenvalue weighted by Gasteiger charge is -2.24. The van der Waals surface area contributed by atoms with Crippen LogP contribution in [-0.4, -0.2) is 76.2 Å². The monoisotopic (exact) mass is 458 g/mol. The second-order valence-electron chi connectivity index (χ2n) is 6.37. The van der Waals surface area contributed by atoms with Crippen LogP contribution in [0.3, 0.4) is 0 Å². The molecule has 0 aromatic heterocycles. The van der Waals surface area contributed by atoms with Gasteiger partial charge in [0.15, 0.2) is 0 Å². The minimum Gasteiger partial charge on any atom is -0.480 e. The van der Waals surface area contributed by atoms with Crippen molar-refractivity contribution >= 4 is 48.9 Å². The number of carbonyl (C=O) groups is 4. The van der Waals surface area contributed by atoms with Gasteiger partial charge in [-0.1, -0.05) is 30.3 Å². The van der Waals surface area contributed by atoms with Crippen molar-refractivity contribution in [1.82, 2.24) is 16.0 Å². The Morgan fingerprint density at radius 2 is 1.40 bits per heavy atom. The highest BCUT2D eigenvalue weighted by Crippen LogP contribution is 2.05. The molecule has 0 spiro atoms. The van der Waals surface area contributed by atoms with Crippen molar-refractivity contribution in [3.8, 4) is 0 Å². The average molecular weight is 459 g/mol. The molecular weight excluding hydrogens is 432 g/mol. The van der Waals surface area contributed by atoms with Crippen LogP contribution in [0.4, 0.5) is 0 Å². The smallest absolute Gasteiger partial charge is 0.328 e. The zero-order chi connectivity index (χ0) is 22.7. The first kappa shape index (κ1) is 25.8. The van der Waals surface area contributed by atoms with E-state index in [1.54, 1.807) is 30.3 Å². The summed E-state index contributed by atoms with van der Waals surface area (Å²) in [6, 6.07) is 4.05. The van der Waals surface area contributed by atoms with Gasteiger partial charge in [-0.3, -0.25) is 14.4 Å². The first-order valence-corrected chi connectivity index (χ1v) is 10.3.